The number of carbonyl (C=O) groups is 1. The normalized spacial score (nSPS) is 10.5. The van der Waals surface area contributed by atoms with Crippen molar-refractivity contribution >= 4 is 17.4 Å². The van der Waals surface area contributed by atoms with E-state index in [0.717, 1.165) is 12.8 Å². The zero-order valence-electron chi connectivity index (χ0n) is 10.4. The number of rotatable bonds is 8. The molecule has 0 unspecified atom stereocenters. The van der Waals surface area contributed by atoms with Crippen LogP contribution in [0.4, 0.5) is 0 Å². The van der Waals surface area contributed by atoms with Gasteiger partial charge in [0.25, 0.3) is 0 Å². The lowest BCUT2D eigenvalue weighted by Crippen LogP contribution is -2.00. The van der Waals surface area contributed by atoms with Gasteiger partial charge in [-0.2, -0.15) is 0 Å². The molecule has 0 amide bonds. The molecule has 0 spiro atoms. The first kappa shape index (κ1) is 14.2. The van der Waals surface area contributed by atoms with Gasteiger partial charge in [0.05, 0.1) is 5.02 Å². The Morgan fingerprint density at radius 3 is 2.65 bits per heavy atom. The molecule has 0 saturated carbocycles. The van der Waals surface area contributed by atoms with E-state index in [9.17, 15) is 4.79 Å². The fourth-order valence-corrected chi connectivity index (χ4v) is 2.03. The minimum absolute atomic E-state index is 0.132. The quantitative estimate of drug-likeness (QED) is 0.498. The molecular weight excluding hydrogens is 234 g/mol. The molecule has 0 N–H and O–H groups in total. The predicted molar refractivity (Wildman–Crippen MR) is 71.6 cm³/mol. The smallest absolute Gasteiger partial charge is 0.164 e. The summed E-state index contributed by atoms with van der Waals surface area (Å²) in [7, 11) is 0. The van der Waals surface area contributed by atoms with E-state index < -0.39 is 0 Å². The lowest BCUT2D eigenvalue weighted by molar-refractivity contribution is 0.0979. The molecule has 2 nitrogen and oxygen atoms in total. The van der Waals surface area contributed by atoms with Crippen molar-refractivity contribution in [3.63, 3.8) is 0 Å². The van der Waals surface area contributed by atoms with Crippen molar-refractivity contribution in [2.75, 3.05) is 0 Å². The molecular formula is C14H20ClNO. The van der Waals surface area contributed by atoms with Crippen LogP contribution >= 0.6 is 11.6 Å². The highest BCUT2D eigenvalue weighted by atomic mass is 35.5. The highest BCUT2D eigenvalue weighted by Gasteiger charge is 2.09. The van der Waals surface area contributed by atoms with Gasteiger partial charge in [-0.25, -0.2) is 0 Å². The van der Waals surface area contributed by atoms with Crippen molar-refractivity contribution in [2.24, 2.45) is 0 Å². The predicted octanol–water partition coefficient (Wildman–Crippen LogP) is 4.67. The van der Waals surface area contributed by atoms with Crippen LogP contribution in [0.3, 0.4) is 0 Å². The van der Waals surface area contributed by atoms with Crippen molar-refractivity contribution in [1.29, 1.82) is 0 Å². The molecule has 0 saturated heterocycles. The molecule has 3 heteroatoms. The van der Waals surface area contributed by atoms with Gasteiger partial charge in [-0.15, -0.1) is 0 Å². The number of Topliss-reactive ketones (excluding diaryl/α,β-unsaturated/α-hetero) is 1. The van der Waals surface area contributed by atoms with E-state index in [2.05, 4.69) is 11.9 Å². The van der Waals surface area contributed by atoms with Gasteiger partial charge in [-0.05, 0) is 12.5 Å². The second-order valence-electron chi connectivity index (χ2n) is 4.30. The maximum absolute atomic E-state index is 11.8. The average Bonchev–Trinajstić information content (AvgIpc) is 2.34. The van der Waals surface area contributed by atoms with Gasteiger partial charge in [0.1, 0.15) is 0 Å². The Kier molecular flexibility index (Phi) is 6.87. The highest BCUT2D eigenvalue weighted by Crippen LogP contribution is 2.17. The summed E-state index contributed by atoms with van der Waals surface area (Å²) in [6.07, 6.45) is 10.9. The van der Waals surface area contributed by atoms with E-state index in [1.807, 2.05) is 0 Å². The van der Waals surface area contributed by atoms with Gasteiger partial charge in [-0.1, -0.05) is 50.6 Å². The monoisotopic (exact) mass is 253 g/mol. The maximum Gasteiger partial charge on any atom is 0.164 e. The molecule has 0 radical (unpaired) electrons. The number of hydrogen-bond donors (Lipinski definition) is 0. The first-order valence-electron chi connectivity index (χ1n) is 6.38. The van der Waals surface area contributed by atoms with Crippen LogP contribution in [0.25, 0.3) is 0 Å². The van der Waals surface area contributed by atoms with Crippen LogP contribution in [0.2, 0.25) is 5.02 Å². The summed E-state index contributed by atoms with van der Waals surface area (Å²) < 4.78 is 0. The van der Waals surface area contributed by atoms with Gasteiger partial charge >= 0.3 is 0 Å². The first-order chi connectivity index (χ1) is 8.25. The molecule has 0 bridgehead atoms. The summed E-state index contributed by atoms with van der Waals surface area (Å²) in [6.45, 7) is 2.20. The van der Waals surface area contributed by atoms with E-state index in [4.69, 9.17) is 11.6 Å². The van der Waals surface area contributed by atoms with Crippen LogP contribution in [-0.2, 0) is 0 Å². The molecule has 0 aromatic carbocycles. The number of halogens is 1. The minimum Gasteiger partial charge on any atom is -0.294 e. The summed E-state index contributed by atoms with van der Waals surface area (Å²) in [4.78, 5) is 15.7. The summed E-state index contributed by atoms with van der Waals surface area (Å²) in [5.41, 5.74) is 0.607. The molecule has 0 aliphatic rings. The molecule has 0 aliphatic carbocycles. The molecule has 1 aromatic heterocycles. The number of unbranched alkanes of at least 4 members (excludes halogenated alkanes) is 5. The van der Waals surface area contributed by atoms with Gasteiger partial charge in [0, 0.05) is 24.4 Å². The Labute approximate surface area is 108 Å². The molecule has 0 aliphatic heterocycles. The second-order valence-corrected chi connectivity index (χ2v) is 4.70. The van der Waals surface area contributed by atoms with Crippen LogP contribution in [-0.4, -0.2) is 10.8 Å². The highest BCUT2D eigenvalue weighted by molar-refractivity contribution is 6.33. The van der Waals surface area contributed by atoms with Crippen molar-refractivity contribution in [1.82, 2.24) is 4.98 Å². The fourth-order valence-electron chi connectivity index (χ4n) is 1.80. The number of carbonyl (C=O) groups excluding carboxylic acids is 1. The Bertz CT molecular complexity index is 352. The molecule has 1 heterocycles. The van der Waals surface area contributed by atoms with Crippen LogP contribution in [0.5, 0.6) is 0 Å². The van der Waals surface area contributed by atoms with Crippen molar-refractivity contribution < 1.29 is 4.79 Å². The fraction of sp³-hybridized carbons (Fsp3) is 0.571. The third kappa shape index (κ3) is 5.31. The van der Waals surface area contributed by atoms with E-state index in [1.165, 1.54) is 31.9 Å². The molecule has 17 heavy (non-hydrogen) atoms. The van der Waals surface area contributed by atoms with E-state index >= 15 is 0 Å². The van der Waals surface area contributed by atoms with Gasteiger partial charge in [0.2, 0.25) is 0 Å². The Hall–Kier alpha value is -0.890. The van der Waals surface area contributed by atoms with Crippen LogP contribution < -0.4 is 0 Å². The number of aromatic nitrogens is 1. The summed E-state index contributed by atoms with van der Waals surface area (Å²) in [5, 5.41) is 0.462. The van der Waals surface area contributed by atoms with E-state index in [1.54, 1.807) is 12.3 Å². The van der Waals surface area contributed by atoms with Crippen LogP contribution in [0.1, 0.15) is 62.2 Å². The minimum atomic E-state index is 0.132. The third-order valence-electron chi connectivity index (χ3n) is 2.83. The topological polar surface area (TPSA) is 30.0 Å². The summed E-state index contributed by atoms with van der Waals surface area (Å²) >= 11 is 5.92. The van der Waals surface area contributed by atoms with E-state index in [0.29, 0.717) is 17.0 Å². The average molecular weight is 254 g/mol. The number of pyridine rings is 1. The zero-order chi connectivity index (χ0) is 12.5. The largest absolute Gasteiger partial charge is 0.294 e. The van der Waals surface area contributed by atoms with Crippen molar-refractivity contribution in [3.8, 4) is 0 Å². The number of ketones is 1. The third-order valence-corrected chi connectivity index (χ3v) is 3.13. The molecule has 0 fully saturated rings. The summed E-state index contributed by atoms with van der Waals surface area (Å²) in [5.74, 6) is 0.132. The maximum atomic E-state index is 11.8. The summed E-state index contributed by atoms with van der Waals surface area (Å²) in [6, 6.07) is 1.70. The Morgan fingerprint density at radius 1 is 1.24 bits per heavy atom. The lowest BCUT2D eigenvalue weighted by Gasteiger charge is -2.03. The molecule has 1 aromatic rings. The number of hydrogen-bond acceptors (Lipinski definition) is 2. The van der Waals surface area contributed by atoms with Gasteiger partial charge < -0.3 is 0 Å². The first-order valence-corrected chi connectivity index (χ1v) is 6.76. The zero-order valence-corrected chi connectivity index (χ0v) is 11.2. The van der Waals surface area contributed by atoms with Crippen molar-refractivity contribution in [3.05, 3.63) is 29.0 Å². The van der Waals surface area contributed by atoms with Crippen LogP contribution in [0.15, 0.2) is 18.5 Å². The molecule has 1 rings (SSSR count). The molecule has 94 valence electrons. The molecule has 0 atom stereocenters. The standard InChI is InChI=1S/C14H20ClNO/c1-2-3-4-5-6-7-8-14(17)12-9-10-16-11-13(12)15/h9-11H,2-8H2,1H3. The van der Waals surface area contributed by atoms with Gasteiger partial charge in [-0.3, -0.25) is 9.78 Å². The van der Waals surface area contributed by atoms with Crippen molar-refractivity contribution in [2.45, 2.75) is 51.9 Å². The van der Waals surface area contributed by atoms with E-state index in [-0.39, 0.29) is 5.78 Å². The Balaban J connectivity index is 2.24. The SMILES string of the molecule is CCCCCCCCC(=O)c1ccncc1Cl. The Morgan fingerprint density at radius 2 is 1.94 bits per heavy atom. The van der Waals surface area contributed by atoms with Gasteiger partial charge in [0.15, 0.2) is 5.78 Å². The second kappa shape index (κ2) is 8.24. The number of nitrogens with zero attached hydrogens (tertiary/aromatic N) is 1. The lowest BCUT2D eigenvalue weighted by atomic mass is 10.0. The van der Waals surface area contributed by atoms with Crippen LogP contribution in [0, 0.1) is 0 Å².